The van der Waals surface area contributed by atoms with Crippen molar-refractivity contribution in [3.63, 3.8) is 0 Å². The fraction of sp³-hybridized carbons (Fsp3) is 0.765. The summed E-state index contributed by atoms with van der Waals surface area (Å²) in [5.74, 6) is 0. The number of hydrogen-bond acceptors (Lipinski definition) is 21. The van der Waals surface area contributed by atoms with Gasteiger partial charge >= 0.3 is 67.4 Å². The fourth-order valence-electron chi connectivity index (χ4n) is 22.9. The molecule has 12 saturated carbocycles. The number of alkyl halides is 15. The molecule has 148 heavy (non-hydrogen) atoms. The molecule has 0 unspecified atom stereocenters. The third-order valence-corrected chi connectivity index (χ3v) is 32.1. The minimum atomic E-state index is -4.62. The van der Waals surface area contributed by atoms with Crippen LogP contribution in [0.5, 0.6) is 0 Å². The number of amides is 6. The number of ether oxygens (including phenoxy) is 6. The number of hydrogen-bond donors (Lipinski definition) is 5. The molecular weight excluding hydrogens is 1990 g/mol. The monoisotopic (exact) mass is 2140 g/mol. The first-order valence-electron chi connectivity index (χ1n) is 51.1. The molecular formula is C102H146F15N15O15S. The summed E-state index contributed by atoms with van der Waals surface area (Å²) < 4.78 is 268. The van der Waals surface area contributed by atoms with E-state index in [1.54, 1.807) is 92.4 Å². The SMILES string of the molecule is CC(C)(C)OC(=O)N1CCC2=C(C1)C(C(F)(F)F)=NC2.CC(C)(C)OC(=O)NC12CCC(COS(=O)(=O)c3ccc(C(F)(F)F)cc3)(CC1)CC2.CC(C)(C)OC(=O)NC12CCC(Cn3nc(C(F)(F)F)c4c3CCN(C(=O)OC(C)(C)C)C4)(CC1)CC2.CC(C)(C)OC(=O)NC12CCC(Cn3nc4c(c3C(F)(F)F)CN(C(=O)OC(C)(C)C)CC4)(CC1)CC2.NC12CCC(Cn3nc(C(F)(F)F)c4c3CCNC4)(CC1)CC2. The van der Waals surface area contributed by atoms with E-state index in [0.29, 0.717) is 132 Å². The number of nitrogens with one attached hydrogen (secondary N) is 4. The highest BCUT2D eigenvalue weighted by Crippen LogP contribution is 2.59. The van der Waals surface area contributed by atoms with Crippen LogP contribution in [-0.4, -0.2) is 203 Å². The Morgan fingerprint density at radius 3 is 1.12 bits per heavy atom. The number of nitrogens with two attached hydrogens (primary N) is 1. The van der Waals surface area contributed by atoms with Gasteiger partial charge in [-0.3, -0.25) is 23.2 Å². The first-order chi connectivity index (χ1) is 67.8. The largest absolute Gasteiger partial charge is 0.444 e. The summed E-state index contributed by atoms with van der Waals surface area (Å²) in [4.78, 5) is 81.2. The van der Waals surface area contributed by atoms with Crippen molar-refractivity contribution >= 4 is 52.4 Å². The number of benzene rings is 1. The molecule has 30 nitrogen and oxygen atoms in total. The number of alkyl carbamates (subject to hydrolysis) is 3. The molecule has 6 N–H and O–H groups in total. The normalized spacial score (nSPS) is 26.5. The van der Waals surface area contributed by atoms with Crippen molar-refractivity contribution < 1.29 is 136 Å². The van der Waals surface area contributed by atoms with E-state index in [2.05, 4.69) is 41.6 Å². The molecule has 0 atom stereocenters. The van der Waals surface area contributed by atoms with Gasteiger partial charge in [0.05, 0.1) is 48.9 Å². The van der Waals surface area contributed by atoms with Crippen molar-refractivity contribution in [2.45, 2.75) is 435 Å². The lowest BCUT2D eigenvalue weighted by molar-refractivity contribution is -0.146. The van der Waals surface area contributed by atoms with Crippen LogP contribution in [0.2, 0.25) is 0 Å². The molecule has 1 aromatic carbocycles. The third kappa shape index (κ3) is 29.0. The van der Waals surface area contributed by atoms with Crippen molar-refractivity contribution in [2.75, 3.05) is 45.9 Å². The van der Waals surface area contributed by atoms with Gasteiger partial charge in [-0.15, -0.1) is 0 Å². The molecule has 21 rings (SSSR count). The first kappa shape index (κ1) is 116. The highest BCUT2D eigenvalue weighted by molar-refractivity contribution is 7.86. The number of rotatable bonds is 13. The molecule has 12 fully saturated rings. The smallest absolute Gasteiger partial charge is 0.435 e. The molecule has 8 bridgehead atoms. The predicted octanol–water partition coefficient (Wildman–Crippen LogP) is 22.2. The van der Waals surface area contributed by atoms with Gasteiger partial charge in [-0.2, -0.15) is 89.6 Å². The third-order valence-electron chi connectivity index (χ3n) is 30.9. The molecule has 0 radical (unpaired) electrons. The lowest BCUT2D eigenvalue weighted by atomic mass is 9.57. The van der Waals surface area contributed by atoms with Gasteiger partial charge < -0.3 is 70.1 Å². The first-order valence-corrected chi connectivity index (χ1v) is 52.6. The number of carbonyl (C=O) groups excluding carboxylic acids is 6. The number of aromatic nitrogens is 6. The quantitative estimate of drug-likeness (QED) is 0.0471. The van der Waals surface area contributed by atoms with Crippen LogP contribution in [0, 0.1) is 21.7 Å². The van der Waals surface area contributed by atoms with Crippen LogP contribution in [0.15, 0.2) is 45.3 Å². The zero-order valence-corrected chi connectivity index (χ0v) is 88.9. The Balaban J connectivity index is 0.000000157. The second kappa shape index (κ2) is 41.6. The highest BCUT2D eigenvalue weighted by atomic mass is 32.2. The Hall–Kier alpha value is -9.34. The summed E-state index contributed by atoms with van der Waals surface area (Å²) >= 11 is 0. The van der Waals surface area contributed by atoms with Crippen LogP contribution in [0.1, 0.15) is 342 Å². The molecule has 0 saturated heterocycles. The zero-order valence-electron chi connectivity index (χ0n) is 88.1. The van der Waals surface area contributed by atoms with E-state index in [1.165, 1.54) is 14.7 Å². The summed E-state index contributed by atoms with van der Waals surface area (Å²) in [5.41, 5.74) is -0.450. The maximum Gasteiger partial charge on any atom is 0.435 e. The van der Waals surface area contributed by atoms with Gasteiger partial charge in [0.15, 0.2) is 11.4 Å². The van der Waals surface area contributed by atoms with Crippen molar-refractivity contribution in [1.82, 2.24) is 65.3 Å². The summed E-state index contributed by atoms with van der Waals surface area (Å²) in [7, 11) is -4.16. The minimum absolute atomic E-state index is 0.0215. The minimum Gasteiger partial charge on any atom is -0.444 e. The lowest BCUT2D eigenvalue weighted by Gasteiger charge is -2.53. The highest BCUT2D eigenvalue weighted by Gasteiger charge is 2.57. The van der Waals surface area contributed by atoms with Crippen molar-refractivity contribution in [3.8, 4) is 0 Å². The molecule has 12 aliphatic carbocycles. The molecule has 3 aromatic heterocycles. The maximum atomic E-state index is 14.3. The van der Waals surface area contributed by atoms with E-state index in [4.69, 9.17) is 38.3 Å². The van der Waals surface area contributed by atoms with E-state index < -0.39 is 140 Å². The van der Waals surface area contributed by atoms with Crippen LogP contribution < -0.4 is 27.0 Å². The van der Waals surface area contributed by atoms with E-state index in [-0.39, 0.29) is 137 Å². The van der Waals surface area contributed by atoms with Gasteiger partial charge in [0.2, 0.25) is 0 Å². The average Bonchev–Trinajstić information content (AvgIpc) is 1.55. The van der Waals surface area contributed by atoms with Crippen molar-refractivity contribution in [3.05, 3.63) is 91.8 Å². The second-order valence-corrected chi connectivity index (χ2v) is 50.9. The Kier molecular flexibility index (Phi) is 32.5. The number of carbonyl (C=O) groups is 6. The summed E-state index contributed by atoms with van der Waals surface area (Å²) in [6.07, 6.45) is -5.18. The van der Waals surface area contributed by atoms with Gasteiger partial charge in [0, 0.05) is 127 Å². The molecule has 8 heterocycles. The van der Waals surface area contributed by atoms with Crippen molar-refractivity contribution in [1.29, 1.82) is 0 Å². The van der Waals surface area contributed by atoms with E-state index >= 15 is 0 Å². The number of halogens is 15. The fourth-order valence-corrected chi connectivity index (χ4v) is 23.9. The maximum absolute atomic E-state index is 14.3. The summed E-state index contributed by atoms with van der Waals surface area (Å²) in [5, 5.41) is 24.7. The molecule has 830 valence electrons. The average molecular weight is 2140 g/mol. The van der Waals surface area contributed by atoms with Crippen LogP contribution in [0.4, 0.5) is 94.6 Å². The van der Waals surface area contributed by atoms with E-state index in [9.17, 15) is 103 Å². The zero-order chi connectivity index (χ0) is 109. The summed E-state index contributed by atoms with van der Waals surface area (Å²) in [6, 6.07) is 3.28. The summed E-state index contributed by atoms with van der Waals surface area (Å²) in [6.45, 7) is 34.5. The van der Waals surface area contributed by atoms with Gasteiger partial charge in [0.1, 0.15) is 45.0 Å². The molecule has 5 aliphatic heterocycles. The van der Waals surface area contributed by atoms with Gasteiger partial charge in [-0.1, -0.05) is 0 Å². The van der Waals surface area contributed by atoms with Crippen LogP contribution in [-0.2, 0) is 126 Å². The molecule has 0 spiro atoms. The van der Waals surface area contributed by atoms with Crippen molar-refractivity contribution in [2.24, 2.45) is 32.4 Å². The topological polar surface area (TPSA) is 351 Å². The van der Waals surface area contributed by atoms with Gasteiger partial charge in [-0.25, -0.2) is 28.8 Å². The van der Waals surface area contributed by atoms with E-state index in [0.717, 1.165) is 118 Å². The number of aliphatic imine (C=N–C) groups is 1. The van der Waals surface area contributed by atoms with Crippen LogP contribution >= 0.6 is 0 Å². The number of fused-ring (bicyclic) bond motifs is 15. The van der Waals surface area contributed by atoms with Gasteiger partial charge in [0.25, 0.3) is 10.1 Å². The second-order valence-electron chi connectivity index (χ2n) is 49.2. The molecule has 17 aliphatic rings. The standard InChI is InChI=1S/2C26H39F3N4O4.C21H28F3NO5S.C16H23F3N4.C13H17F3N2O2/c1-22(2,3)36-20(34)30-25-11-8-24(9-12-25,10-13-25)16-33-18-7-14-32(21(35)37-23(4,5)6)15-17(18)19(31-33)26(27,28)29;1-22(2,3)36-20(34)30-25-11-8-24(9-12-25,10-13-25)16-33-19(26(27,28)29)17-15-32(14-7-18(17)31-33)21(35)37-23(4,5)6;1-18(2,3)30-17(26)25-20-11-8-19(9-12-20,10-13-20)14-29-31(27,28)16-6-4-15(5-7-16)21(22,23)24;17-16(18,19)13-11-9-21-8-1-12(11)23(22-13)10-14-2-5-15(20,6-3-14)7-4-14;1-12(2,3)20-11(19)18-5-4-8-6-17-10(9(8)7-18)13(14,15)16/h2*7-16H2,1-6H3,(H,30,34);4-7H,8-14H2,1-3H3,(H,25,26);21H,1-10,20H2;4-7H2,1-3H3. The lowest BCUT2D eigenvalue weighted by Crippen LogP contribution is -2.58. The Labute approximate surface area is 854 Å². The number of nitrogens with zero attached hydrogens (tertiary/aromatic N) is 10. The molecule has 4 aromatic rings. The molecule has 46 heteroatoms. The Morgan fingerprint density at radius 2 is 0.743 bits per heavy atom. The van der Waals surface area contributed by atoms with Gasteiger partial charge in [-0.05, 0) is 337 Å². The van der Waals surface area contributed by atoms with E-state index in [1.807, 2.05) is 41.5 Å². The Morgan fingerprint density at radius 1 is 0.392 bits per heavy atom. The Bertz CT molecular complexity index is 5570. The predicted molar refractivity (Wildman–Crippen MR) is 514 cm³/mol. The van der Waals surface area contributed by atoms with Crippen LogP contribution in [0.25, 0.3) is 0 Å². The molecule has 6 amide bonds. The van der Waals surface area contributed by atoms with Crippen LogP contribution in [0.3, 0.4) is 0 Å².